The Hall–Kier alpha value is -7.27. The number of esters is 1. The van der Waals surface area contributed by atoms with Crippen molar-refractivity contribution in [2.45, 2.75) is 167 Å². The SMILES string of the molecule is [2H]NC(=O)NCCC[C@@H](C(=O)O)N(C(=O)[C@H](NC(=O)CCOCCOCCNC(=O)CBr)C(C)C)c1ccc(COC(=O)Nc2ccc(CNC(=O)C[C@@H]3C[C@@]4(CO4)[C@H](O)[C@@H](/C=C/C(C)=C/C[C@@H]4O[C@H](C)[C@H](NC(=O)/C=C\[C@H](C)OC(C)=O)C[C@@H]4C)O3)cc2)cc1. The summed E-state index contributed by atoms with van der Waals surface area (Å²) in [5.41, 5.74) is 3.62. The maximum atomic E-state index is 14.5. The fourth-order valence-corrected chi connectivity index (χ4v) is 10.4. The van der Waals surface area contributed by atoms with Crippen LogP contribution in [0.15, 0.2) is 84.5 Å². The van der Waals surface area contributed by atoms with Gasteiger partial charge in [0.2, 0.25) is 23.6 Å². The minimum absolute atomic E-state index is 0.000807. The van der Waals surface area contributed by atoms with E-state index >= 15 is 0 Å². The van der Waals surface area contributed by atoms with E-state index in [9.17, 15) is 53.4 Å². The maximum absolute atomic E-state index is 14.5. The molecule has 2 aromatic carbocycles. The Bertz CT molecular complexity index is 2840. The predicted octanol–water partition coefficient (Wildman–Crippen LogP) is 4.74. The topological polar surface area (TPSA) is 363 Å². The van der Waals surface area contributed by atoms with Crippen LogP contribution in [0.4, 0.5) is 21.0 Å². The highest BCUT2D eigenvalue weighted by molar-refractivity contribution is 9.09. The summed E-state index contributed by atoms with van der Waals surface area (Å²) in [6.07, 6.45) is 6.38. The van der Waals surface area contributed by atoms with Crippen molar-refractivity contribution >= 4 is 80.9 Å². The molecule has 0 aliphatic carbocycles. The number of anilines is 2. The lowest BCUT2D eigenvalue weighted by Crippen LogP contribution is -2.56. The molecule has 2 aromatic rings. The molecule has 26 nitrogen and oxygen atoms in total. The van der Waals surface area contributed by atoms with Gasteiger partial charge in [-0.25, -0.2) is 14.4 Å². The summed E-state index contributed by atoms with van der Waals surface area (Å²) in [7, 11) is 0. The number of ether oxygens (including phenoxy) is 7. The molecule has 3 fully saturated rings. The van der Waals surface area contributed by atoms with E-state index in [1.165, 1.54) is 31.2 Å². The number of allylic oxidation sites excluding steroid dienone is 2. The summed E-state index contributed by atoms with van der Waals surface area (Å²) < 4.78 is 46.8. The second-order valence-corrected chi connectivity index (χ2v) is 23.5. The van der Waals surface area contributed by atoms with Crippen LogP contribution in [-0.2, 0) is 79.9 Å². The highest BCUT2D eigenvalue weighted by Crippen LogP contribution is 2.43. The number of rotatable bonds is 35. The van der Waals surface area contributed by atoms with Gasteiger partial charge >= 0.3 is 24.1 Å². The Morgan fingerprint density at radius 1 is 0.878 bits per heavy atom. The van der Waals surface area contributed by atoms with E-state index in [4.69, 9.17) is 34.6 Å². The second-order valence-electron chi connectivity index (χ2n) is 22.9. The average molecular weight is 1330 g/mol. The van der Waals surface area contributed by atoms with Crippen molar-refractivity contribution in [3.05, 3.63) is 95.6 Å². The first kappa shape index (κ1) is 71.8. The molecule has 27 heteroatoms. The Morgan fingerprint density at radius 2 is 1.58 bits per heavy atom. The van der Waals surface area contributed by atoms with Gasteiger partial charge in [-0.3, -0.25) is 39.0 Å². The predicted molar refractivity (Wildman–Crippen MR) is 335 cm³/mol. The van der Waals surface area contributed by atoms with E-state index in [2.05, 4.69) is 60.8 Å². The molecule has 5 rings (SSSR count). The molecular formula is C63H89BrN8O18. The number of hydrogen-bond acceptors (Lipinski definition) is 17. The van der Waals surface area contributed by atoms with Crippen LogP contribution in [0.25, 0.3) is 0 Å². The van der Waals surface area contributed by atoms with Crippen molar-refractivity contribution in [2.75, 3.05) is 61.7 Å². The Morgan fingerprint density at radius 3 is 2.23 bits per heavy atom. The van der Waals surface area contributed by atoms with Crippen molar-refractivity contribution in [3.63, 3.8) is 0 Å². The van der Waals surface area contributed by atoms with E-state index in [-0.39, 0.29) is 125 Å². The fraction of sp³-hybridized carbons (Fsp3) is 0.571. The van der Waals surface area contributed by atoms with Gasteiger partial charge in [0.25, 0.3) is 5.91 Å². The number of carboxylic acid groups (broad SMARTS) is 1. The number of alkyl halides is 1. The molecule has 0 saturated carbocycles. The zero-order valence-electron chi connectivity index (χ0n) is 53.1. The lowest BCUT2D eigenvalue weighted by Gasteiger charge is -2.39. The number of benzene rings is 2. The fourth-order valence-electron chi connectivity index (χ4n) is 10.2. The van der Waals surface area contributed by atoms with E-state index in [1.54, 1.807) is 69.0 Å². The molecule has 0 bridgehead atoms. The third-order valence-corrected chi connectivity index (χ3v) is 15.7. The number of nitrogens with two attached hydrogens (primary N) is 1. The summed E-state index contributed by atoms with van der Waals surface area (Å²) in [6, 6.07) is 9.26. The first-order chi connectivity index (χ1) is 43.4. The van der Waals surface area contributed by atoms with E-state index in [0.29, 0.717) is 43.7 Å². The Labute approximate surface area is 535 Å². The van der Waals surface area contributed by atoms with Crippen LogP contribution < -0.4 is 42.5 Å². The van der Waals surface area contributed by atoms with Crippen LogP contribution in [0, 0.1) is 11.8 Å². The van der Waals surface area contributed by atoms with Crippen molar-refractivity contribution in [1.29, 1.82) is 0 Å². The number of carbonyl (C=O) groups excluding carboxylic acids is 8. The average Bonchev–Trinajstić information content (AvgIpc) is 1.62. The third kappa shape index (κ3) is 25.2. The largest absolute Gasteiger partial charge is 0.480 e. The number of carboxylic acids is 1. The Kier molecular flexibility index (Phi) is 29.6. The highest BCUT2D eigenvalue weighted by Gasteiger charge is 2.58. The second kappa shape index (κ2) is 37.2. The van der Waals surface area contributed by atoms with Gasteiger partial charge in [-0.05, 0) is 99.8 Å². The minimum atomic E-state index is -1.45. The molecule has 0 radical (unpaired) electrons. The Balaban J connectivity index is 1.08. The molecular weight excluding hydrogens is 1240 g/mol. The van der Waals surface area contributed by atoms with Crippen molar-refractivity contribution in [1.82, 2.24) is 26.6 Å². The van der Waals surface area contributed by atoms with Gasteiger partial charge in [-0.1, -0.05) is 84.8 Å². The first-order valence-electron chi connectivity index (χ1n) is 30.7. The zero-order chi connectivity index (χ0) is 66.6. The van der Waals surface area contributed by atoms with Crippen LogP contribution in [0.5, 0.6) is 0 Å². The molecule has 0 unspecified atom stereocenters. The number of carbonyl (C=O) groups is 9. The summed E-state index contributed by atoms with van der Waals surface area (Å²) >= 11 is 3.06. The van der Waals surface area contributed by atoms with Crippen molar-refractivity contribution in [3.8, 4) is 0 Å². The van der Waals surface area contributed by atoms with Gasteiger partial charge < -0.3 is 75.7 Å². The molecule has 3 aliphatic rings. The van der Waals surface area contributed by atoms with E-state index < -0.39 is 83.9 Å². The smallest absolute Gasteiger partial charge is 0.411 e. The molecule has 11 atom stereocenters. The van der Waals surface area contributed by atoms with E-state index in [1.807, 2.05) is 19.9 Å². The number of nitrogens with zero attached hydrogens (tertiary/aromatic N) is 1. The number of primary amides is 1. The zero-order valence-corrected chi connectivity index (χ0v) is 53.7. The number of epoxide rings is 1. The normalized spacial score (nSPS) is 22.5. The summed E-state index contributed by atoms with van der Waals surface area (Å²) in [4.78, 5) is 115. The number of amides is 8. The molecule has 10 N–H and O–H groups in total. The van der Waals surface area contributed by atoms with Crippen LogP contribution in [0.3, 0.4) is 0 Å². The van der Waals surface area contributed by atoms with Crippen molar-refractivity contribution < 1.29 is 87.9 Å². The lowest BCUT2D eigenvalue weighted by molar-refractivity contribution is -0.145. The lowest BCUT2D eigenvalue weighted by atomic mass is 9.87. The van der Waals surface area contributed by atoms with Gasteiger partial charge in [0.05, 0.1) is 69.1 Å². The monoisotopic (exact) mass is 1330 g/mol. The van der Waals surface area contributed by atoms with Crippen LogP contribution in [0.1, 0.15) is 105 Å². The first-order valence-corrected chi connectivity index (χ1v) is 31.3. The number of urea groups is 1. The van der Waals surface area contributed by atoms with Gasteiger partial charge in [0.1, 0.15) is 42.6 Å². The van der Waals surface area contributed by atoms with Crippen molar-refractivity contribution in [2.24, 2.45) is 17.6 Å². The summed E-state index contributed by atoms with van der Waals surface area (Å²) in [5, 5.41) is 38.3. The molecule has 3 heterocycles. The number of hydrogen-bond donors (Lipinski definition) is 9. The van der Waals surface area contributed by atoms with Crippen LogP contribution in [0.2, 0.25) is 1.41 Å². The van der Waals surface area contributed by atoms with Crippen LogP contribution >= 0.6 is 15.9 Å². The summed E-state index contributed by atoms with van der Waals surface area (Å²) in [6.45, 7) is 13.6. The van der Waals surface area contributed by atoms with Gasteiger partial charge in [0.15, 0.2) is 1.41 Å². The standard InChI is InChI=1S/C63H89BrN8O18/c1-38(2)57(71-54(75)24-27-84-29-30-85-28-26-66-56(77)34-64)59(79)72(50(60(80)81)9-8-25-67-61(65)82)47-19-15-45(16-20-47)36-86-62(83)69-46-17-13-44(14-18-46)35-68-55(76)32-48-33-63(37-87-63)58(78)52(90-48)22-11-39(3)10-21-51-40(4)31-49(42(6)89-51)70-53(74)23-12-41(5)88-43(7)73/h10-20,22-23,38,40-42,48-52,57-58,78H,8-9,21,24-37H2,1-7H3,(H,66,77)(H,68,76)(H,69,83)(H,70,74)(H,71,75)(H,80,81)(H3,65,67,82)/b22-11+,23-12-,39-10+/t40-,41-,42+,48+,49+,50-,51-,52+,57+,58+,63+/m0/s1/i/hD. The third-order valence-electron chi connectivity index (χ3n) is 15.2. The molecule has 90 heavy (non-hydrogen) atoms. The van der Waals surface area contributed by atoms with E-state index in [0.717, 1.165) is 16.0 Å². The van der Waals surface area contributed by atoms with Gasteiger partial charge in [-0.2, -0.15) is 0 Å². The number of aliphatic hydroxyl groups is 1. The number of halogens is 1. The quantitative estimate of drug-likeness (QED) is 0.0112. The number of aliphatic hydroxyl groups excluding tert-OH is 1. The van der Waals surface area contributed by atoms with Gasteiger partial charge in [0, 0.05) is 56.9 Å². The molecule has 0 aromatic heterocycles. The van der Waals surface area contributed by atoms with Crippen LogP contribution in [-0.4, -0.2) is 176 Å². The van der Waals surface area contributed by atoms with Gasteiger partial charge in [-0.15, -0.1) is 0 Å². The number of nitrogens with one attached hydrogen (secondary N) is 6. The molecule has 3 aliphatic heterocycles. The minimum Gasteiger partial charge on any atom is -0.480 e. The number of aliphatic carboxylic acids is 1. The highest BCUT2D eigenvalue weighted by atomic mass is 79.9. The molecule has 496 valence electrons. The molecule has 1 spiro atoms. The summed E-state index contributed by atoms with van der Waals surface area (Å²) in [5.74, 6) is -4.09. The molecule has 8 amide bonds. The molecule has 3 saturated heterocycles. The maximum Gasteiger partial charge on any atom is 0.411 e.